The van der Waals surface area contributed by atoms with E-state index in [2.05, 4.69) is 9.89 Å². The molecule has 0 radical (unpaired) electrons. The number of fused-ring (bicyclic) bond motifs is 3. The summed E-state index contributed by atoms with van der Waals surface area (Å²) in [5.41, 5.74) is 0. The Morgan fingerprint density at radius 2 is 2.00 bits per heavy atom. The molecule has 128 valence electrons. The fourth-order valence-corrected chi connectivity index (χ4v) is 8.73. The Bertz CT molecular complexity index is 658. The van der Waals surface area contributed by atoms with Crippen LogP contribution in [0.3, 0.4) is 0 Å². The normalized spacial score (nSPS) is 42.8. The second-order valence-electron chi connectivity index (χ2n) is 7.84. The minimum absolute atomic E-state index is 0.0214. The van der Waals surface area contributed by atoms with E-state index >= 15 is 0 Å². The zero-order chi connectivity index (χ0) is 16.4. The molecule has 23 heavy (non-hydrogen) atoms. The number of sulfone groups is 1. The van der Waals surface area contributed by atoms with Crippen LogP contribution in [0.5, 0.6) is 0 Å². The molecule has 4 fully saturated rings. The van der Waals surface area contributed by atoms with Gasteiger partial charge in [0.15, 0.2) is 15.0 Å². The number of hydrogen-bond acceptors (Lipinski definition) is 4. The van der Waals surface area contributed by atoms with Crippen molar-refractivity contribution < 1.29 is 13.2 Å². The van der Waals surface area contributed by atoms with Crippen molar-refractivity contribution in [1.82, 2.24) is 4.90 Å². The third-order valence-electron chi connectivity index (χ3n) is 5.86. The minimum Gasteiger partial charge on any atom is -0.343 e. The van der Waals surface area contributed by atoms with Gasteiger partial charge < -0.3 is 4.90 Å². The summed E-state index contributed by atoms with van der Waals surface area (Å²) in [6, 6.07) is 0.413. The van der Waals surface area contributed by atoms with Crippen molar-refractivity contribution in [3.63, 3.8) is 0 Å². The van der Waals surface area contributed by atoms with E-state index in [1.807, 2.05) is 13.8 Å². The highest BCUT2D eigenvalue weighted by atomic mass is 32.2. The van der Waals surface area contributed by atoms with Crippen LogP contribution in [0.2, 0.25) is 0 Å². The van der Waals surface area contributed by atoms with E-state index in [-0.39, 0.29) is 34.6 Å². The van der Waals surface area contributed by atoms with E-state index in [1.54, 1.807) is 0 Å². The first-order valence-corrected chi connectivity index (χ1v) is 11.3. The number of carbonyl (C=O) groups is 1. The van der Waals surface area contributed by atoms with Crippen LogP contribution in [0.4, 0.5) is 0 Å². The van der Waals surface area contributed by atoms with Crippen LogP contribution in [0.1, 0.15) is 39.5 Å². The van der Waals surface area contributed by atoms with Gasteiger partial charge in [0.1, 0.15) is 0 Å². The second kappa shape index (κ2) is 5.48. The predicted molar refractivity (Wildman–Crippen MR) is 92.2 cm³/mol. The van der Waals surface area contributed by atoms with Crippen molar-refractivity contribution in [3.8, 4) is 0 Å². The lowest BCUT2D eigenvalue weighted by atomic mass is 9.93. The number of amides is 1. The maximum Gasteiger partial charge on any atom is 0.250 e. The summed E-state index contributed by atoms with van der Waals surface area (Å²) in [4.78, 5) is 18.8. The van der Waals surface area contributed by atoms with E-state index in [1.165, 1.54) is 31.0 Å². The van der Waals surface area contributed by atoms with Crippen LogP contribution in [0.25, 0.3) is 0 Å². The Morgan fingerprint density at radius 3 is 2.61 bits per heavy atom. The highest BCUT2D eigenvalue weighted by Crippen LogP contribution is 2.51. The molecule has 2 aliphatic carbocycles. The summed E-state index contributed by atoms with van der Waals surface area (Å²) in [5.74, 6) is 1.69. The summed E-state index contributed by atoms with van der Waals surface area (Å²) < 4.78 is 24.1. The van der Waals surface area contributed by atoms with E-state index in [0.29, 0.717) is 12.0 Å². The molecule has 2 aliphatic heterocycles. The molecule has 5 nitrogen and oxygen atoms in total. The molecule has 0 aromatic rings. The Balaban J connectivity index is 1.66. The predicted octanol–water partition coefficient (Wildman–Crippen LogP) is 1.93. The number of thioether (sulfide) groups is 1. The fraction of sp³-hybridized carbons (Fsp3) is 0.875. The highest BCUT2D eigenvalue weighted by Gasteiger charge is 2.54. The smallest absolute Gasteiger partial charge is 0.250 e. The monoisotopic (exact) mass is 356 g/mol. The van der Waals surface area contributed by atoms with Crippen LogP contribution in [0.15, 0.2) is 4.99 Å². The molecule has 4 aliphatic rings. The molecule has 2 saturated heterocycles. The van der Waals surface area contributed by atoms with Crippen molar-refractivity contribution in [2.45, 2.75) is 56.9 Å². The van der Waals surface area contributed by atoms with Gasteiger partial charge in [-0.15, -0.1) is 0 Å². The molecule has 2 heterocycles. The van der Waals surface area contributed by atoms with E-state index in [9.17, 15) is 13.2 Å². The summed E-state index contributed by atoms with van der Waals surface area (Å²) in [7, 11) is -2.95. The molecule has 4 rings (SSSR count). The number of nitrogens with zero attached hydrogens (tertiary/aromatic N) is 2. The van der Waals surface area contributed by atoms with Gasteiger partial charge in [0.2, 0.25) is 0 Å². The summed E-state index contributed by atoms with van der Waals surface area (Å²) >= 11 is 1.53. The van der Waals surface area contributed by atoms with Gasteiger partial charge in [-0.3, -0.25) is 4.79 Å². The largest absolute Gasteiger partial charge is 0.343 e. The van der Waals surface area contributed by atoms with Gasteiger partial charge in [0.25, 0.3) is 5.91 Å². The molecule has 0 aromatic heterocycles. The van der Waals surface area contributed by atoms with Crippen molar-refractivity contribution in [2.75, 3.05) is 11.5 Å². The maximum absolute atomic E-state index is 12.1. The molecule has 7 heteroatoms. The maximum atomic E-state index is 12.1. The molecule has 0 unspecified atom stereocenters. The van der Waals surface area contributed by atoms with E-state index in [4.69, 9.17) is 0 Å². The van der Waals surface area contributed by atoms with Gasteiger partial charge in [0.05, 0.1) is 17.5 Å². The van der Waals surface area contributed by atoms with Crippen molar-refractivity contribution >= 4 is 32.7 Å². The summed E-state index contributed by atoms with van der Waals surface area (Å²) in [6.07, 6.45) is 4.96. The number of carbonyl (C=O) groups excluding carboxylic acids is 1. The topological polar surface area (TPSA) is 66.8 Å². The van der Waals surface area contributed by atoms with Crippen LogP contribution >= 0.6 is 11.8 Å². The number of amidine groups is 1. The third kappa shape index (κ3) is 2.73. The zero-order valence-corrected chi connectivity index (χ0v) is 15.3. The lowest BCUT2D eigenvalue weighted by Crippen LogP contribution is -2.47. The van der Waals surface area contributed by atoms with Crippen LogP contribution in [-0.2, 0) is 14.6 Å². The first-order valence-electron chi connectivity index (χ1n) is 8.62. The average Bonchev–Trinajstić information content (AvgIpc) is 3.17. The van der Waals surface area contributed by atoms with Crippen LogP contribution < -0.4 is 0 Å². The van der Waals surface area contributed by atoms with Gasteiger partial charge in [-0.2, -0.15) is 4.99 Å². The Labute approximate surface area is 142 Å². The van der Waals surface area contributed by atoms with Crippen molar-refractivity contribution in [3.05, 3.63) is 0 Å². The zero-order valence-electron chi connectivity index (χ0n) is 13.6. The second-order valence-corrected chi connectivity index (χ2v) is 11.2. The van der Waals surface area contributed by atoms with E-state index in [0.717, 1.165) is 17.5 Å². The van der Waals surface area contributed by atoms with Gasteiger partial charge in [-0.1, -0.05) is 32.0 Å². The third-order valence-corrected chi connectivity index (χ3v) is 9.09. The average molecular weight is 357 g/mol. The molecule has 2 bridgehead atoms. The van der Waals surface area contributed by atoms with Gasteiger partial charge >= 0.3 is 0 Å². The van der Waals surface area contributed by atoms with Gasteiger partial charge in [-0.05, 0) is 31.1 Å². The molecular weight excluding hydrogens is 332 g/mol. The first-order chi connectivity index (χ1) is 10.8. The van der Waals surface area contributed by atoms with Crippen LogP contribution in [0, 0.1) is 17.8 Å². The standard InChI is InChI=1S/C16H24N2O3S2/c1-9(2)15(19)17-16-18(12-6-10-3-4-11(12)5-10)13-7-23(20,21)8-14(13)22-16/h9-14H,3-8H2,1-2H3/t10-,11-,12-,13-,14+/m1/s1. The quantitative estimate of drug-likeness (QED) is 0.756. The van der Waals surface area contributed by atoms with Crippen molar-refractivity contribution in [1.29, 1.82) is 0 Å². The Morgan fingerprint density at radius 1 is 1.22 bits per heavy atom. The van der Waals surface area contributed by atoms with Gasteiger partial charge in [-0.25, -0.2) is 8.42 Å². The first kappa shape index (κ1) is 15.9. The Hall–Kier alpha value is -0.560. The molecule has 0 aromatic carbocycles. The lowest BCUT2D eigenvalue weighted by molar-refractivity contribution is -0.120. The molecule has 1 amide bonds. The molecular formula is C16H24N2O3S2. The van der Waals surface area contributed by atoms with E-state index < -0.39 is 9.84 Å². The molecule has 2 saturated carbocycles. The molecule has 5 atom stereocenters. The highest BCUT2D eigenvalue weighted by molar-refractivity contribution is 8.15. The van der Waals surface area contributed by atoms with Crippen LogP contribution in [-0.4, -0.2) is 53.2 Å². The minimum atomic E-state index is -2.95. The number of aliphatic imine (C=N–C) groups is 1. The number of hydrogen-bond donors (Lipinski definition) is 0. The Kier molecular flexibility index (Phi) is 3.80. The SMILES string of the molecule is CC(C)C(=O)N=C1S[C@H]2CS(=O)(=O)C[C@H]2N1[C@@H]1C[C@@H]2CC[C@@H]1C2. The lowest BCUT2D eigenvalue weighted by Gasteiger charge is -2.36. The summed E-state index contributed by atoms with van der Waals surface area (Å²) in [5, 5.41) is 0.851. The summed E-state index contributed by atoms with van der Waals surface area (Å²) in [6.45, 7) is 3.72. The van der Waals surface area contributed by atoms with Gasteiger partial charge in [0, 0.05) is 17.2 Å². The molecule has 0 N–H and O–H groups in total. The van der Waals surface area contributed by atoms with Crippen molar-refractivity contribution in [2.24, 2.45) is 22.7 Å². The molecule has 0 spiro atoms. The number of rotatable bonds is 2. The fourth-order valence-electron chi connectivity index (χ4n) is 4.75.